The number of benzene rings is 1. The van der Waals surface area contributed by atoms with E-state index >= 15 is 0 Å². The zero-order valence-corrected chi connectivity index (χ0v) is 12.3. The van der Waals surface area contributed by atoms with Crippen molar-refractivity contribution in [2.75, 3.05) is 13.6 Å². The molecule has 0 heterocycles. The maximum absolute atomic E-state index is 13.5. The SMILES string of the molecule is CN=C(NCCCC(C)C)NCc1cc(F)ccc1F. The van der Waals surface area contributed by atoms with Crippen molar-refractivity contribution in [3.63, 3.8) is 0 Å². The smallest absolute Gasteiger partial charge is 0.191 e. The Morgan fingerprint density at radius 1 is 1.25 bits per heavy atom. The Bertz CT molecular complexity index is 445. The Labute approximate surface area is 119 Å². The molecule has 0 aliphatic heterocycles. The normalized spacial score (nSPS) is 11.8. The second kappa shape index (κ2) is 8.51. The Balaban J connectivity index is 2.40. The van der Waals surface area contributed by atoms with Gasteiger partial charge < -0.3 is 10.6 Å². The van der Waals surface area contributed by atoms with Crippen molar-refractivity contribution >= 4 is 5.96 Å². The molecule has 0 bridgehead atoms. The van der Waals surface area contributed by atoms with Crippen LogP contribution in [0.3, 0.4) is 0 Å². The van der Waals surface area contributed by atoms with Crippen molar-refractivity contribution in [1.29, 1.82) is 0 Å². The van der Waals surface area contributed by atoms with Gasteiger partial charge in [-0.05, 0) is 37.0 Å². The van der Waals surface area contributed by atoms with Crippen LogP contribution in [0.1, 0.15) is 32.3 Å². The summed E-state index contributed by atoms with van der Waals surface area (Å²) in [5, 5.41) is 6.13. The third-order valence-corrected chi connectivity index (χ3v) is 2.93. The summed E-state index contributed by atoms with van der Waals surface area (Å²) in [5.74, 6) is 0.405. The molecule has 0 saturated carbocycles. The van der Waals surface area contributed by atoms with Crippen molar-refractivity contribution < 1.29 is 8.78 Å². The third-order valence-electron chi connectivity index (χ3n) is 2.93. The number of halogens is 2. The molecule has 0 aliphatic rings. The first-order valence-corrected chi connectivity index (χ1v) is 6.91. The molecule has 0 atom stereocenters. The fraction of sp³-hybridized carbons (Fsp3) is 0.533. The summed E-state index contributed by atoms with van der Waals surface area (Å²) in [5.41, 5.74) is 0.287. The van der Waals surface area contributed by atoms with Crippen LogP contribution in [0.15, 0.2) is 23.2 Å². The van der Waals surface area contributed by atoms with Gasteiger partial charge in [-0.25, -0.2) is 8.78 Å². The molecule has 1 rings (SSSR count). The number of aliphatic imine (C=N–C) groups is 1. The Morgan fingerprint density at radius 2 is 2.00 bits per heavy atom. The van der Waals surface area contributed by atoms with E-state index in [4.69, 9.17) is 0 Å². The van der Waals surface area contributed by atoms with Crippen LogP contribution in [0.5, 0.6) is 0 Å². The van der Waals surface area contributed by atoms with Gasteiger partial charge in [-0.2, -0.15) is 0 Å². The Hall–Kier alpha value is -1.65. The number of nitrogens with zero attached hydrogens (tertiary/aromatic N) is 1. The minimum Gasteiger partial charge on any atom is -0.356 e. The van der Waals surface area contributed by atoms with Crippen molar-refractivity contribution in [1.82, 2.24) is 10.6 Å². The highest BCUT2D eigenvalue weighted by Crippen LogP contribution is 2.09. The van der Waals surface area contributed by atoms with E-state index in [1.807, 2.05) is 0 Å². The van der Waals surface area contributed by atoms with Crippen molar-refractivity contribution in [3.05, 3.63) is 35.4 Å². The first-order chi connectivity index (χ1) is 9.52. The molecule has 20 heavy (non-hydrogen) atoms. The van der Waals surface area contributed by atoms with Gasteiger partial charge >= 0.3 is 0 Å². The lowest BCUT2D eigenvalue weighted by atomic mass is 10.1. The minimum absolute atomic E-state index is 0.202. The summed E-state index contributed by atoms with van der Waals surface area (Å²) in [6, 6.07) is 3.43. The summed E-state index contributed by atoms with van der Waals surface area (Å²) in [6.07, 6.45) is 2.19. The predicted octanol–water partition coefficient (Wildman–Crippen LogP) is 3.07. The number of guanidine groups is 1. The lowest BCUT2D eigenvalue weighted by Crippen LogP contribution is -2.37. The molecule has 0 aromatic heterocycles. The van der Waals surface area contributed by atoms with E-state index in [1.165, 1.54) is 6.07 Å². The maximum atomic E-state index is 13.5. The van der Waals surface area contributed by atoms with Gasteiger partial charge in [0.15, 0.2) is 5.96 Å². The van der Waals surface area contributed by atoms with Gasteiger partial charge in [0.2, 0.25) is 0 Å². The summed E-state index contributed by atoms with van der Waals surface area (Å²) < 4.78 is 26.5. The average molecular weight is 283 g/mol. The van der Waals surface area contributed by atoms with Gasteiger partial charge in [-0.1, -0.05) is 13.8 Å². The average Bonchev–Trinajstić information content (AvgIpc) is 2.41. The van der Waals surface area contributed by atoms with Crippen LogP contribution in [-0.2, 0) is 6.54 Å². The Morgan fingerprint density at radius 3 is 2.65 bits per heavy atom. The number of rotatable bonds is 6. The molecular formula is C15H23F2N3. The second-order valence-corrected chi connectivity index (χ2v) is 5.12. The van der Waals surface area contributed by atoms with E-state index in [2.05, 4.69) is 29.5 Å². The summed E-state index contributed by atoms with van der Waals surface area (Å²) in [7, 11) is 1.65. The number of hydrogen-bond donors (Lipinski definition) is 2. The molecule has 0 aliphatic carbocycles. The highest BCUT2D eigenvalue weighted by molar-refractivity contribution is 5.79. The van der Waals surface area contributed by atoms with Crippen molar-refractivity contribution in [2.45, 2.75) is 33.2 Å². The molecule has 0 spiro atoms. The first-order valence-electron chi connectivity index (χ1n) is 6.91. The van der Waals surface area contributed by atoms with E-state index in [0.717, 1.165) is 31.5 Å². The number of nitrogens with one attached hydrogen (secondary N) is 2. The summed E-state index contributed by atoms with van der Waals surface area (Å²) >= 11 is 0. The van der Waals surface area contributed by atoms with Crippen LogP contribution < -0.4 is 10.6 Å². The molecule has 1 aromatic rings. The topological polar surface area (TPSA) is 36.4 Å². The molecular weight excluding hydrogens is 260 g/mol. The molecule has 0 saturated heterocycles. The molecule has 0 unspecified atom stereocenters. The quantitative estimate of drug-likeness (QED) is 0.478. The van der Waals surface area contributed by atoms with Gasteiger partial charge in [-0.15, -0.1) is 0 Å². The fourth-order valence-corrected chi connectivity index (χ4v) is 1.80. The lowest BCUT2D eigenvalue weighted by molar-refractivity contribution is 0.548. The van der Waals surface area contributed by atoms with Crippen LogP contribution in [0.2, 0.25) is 0 Å². The molecule has 0 radical (unpaired) electrons. The predicted molar refractivity (Wildman–Crippen MR) is 78.6 cm³/mol. The van der Waals surface area contributed by atoms with E-state index < -0.39 is 11.6 Å². The molecule has 2 N–H and O–H groups in total. The minimum atomic E-state index is -0.442. The van der Waals surface area contributed by atoms with Crippen LogP contribution >= 0.6 is 0 Å². The second-order valence-electron chi connectivity index (χ2n) is 5.12. The highest BCUT2D eigenvalue weighted by Gasteiger charge is 2.05. The molecule has 5 heteroatoms. The number of hydrogen-bond acceptors (Lipinski definition) is 1. The zero-order chi connectivity index (χ0) is 15.0. The van der Waals surface area contributed by atoms with E-state index in [9.17, 15) is 8.78 Å². The van der Waals surface area contributed by atoms with Crippen LogP contribution in [0.25, 0.3) is 0 Å². The van der Waals surface area contributed by atoms with Gasteiger partial charge in [-0.3, -0.25) is 4.99 Å². The standard InChI is InChI=1S/C15H23F2N3/c1-11(2)5-4-8-19-15(18-3)20-10-12-9-13(16)6-7-14(12)17/h6-7,9,11H,4-5,8,10H2,1-3H3,(H2,18,19,20). The van der Waals surface area contributed by atoms with E-state index in [0.29, 0.717) is 11.9 Å². The van der Waals surface area contributed by atoms with Crippen LogP contribution in [-0.4, -0.2) is 19.6 Å². The van der Waals surface area contributed by atoms with E-state index in [-0.39, 0.29) is 12.1 Å². The highest BCUT2D eigenvalue weighted by atomic mass is 19.1. The first kappa shape index (κ1) is 16.4. The van der Waals surface area contributed by atoms with Gasteiger partial charge in [0.25, 0.3) is 0 Å². The van der Waals surface area contributed by atoms with Gasteiger partial charge in [0, 0.05) is 25.7 Å². The van der Waals surface area contributed by atoms with Crippen molar-refractivity contribution in [2.24, 2.45) is 10.9 Å². The largest absolute Gasteiger partial charge is 0.356 e. The molecule has 1 aromatic carbocycles. The van der Waals surface area contributed by atoms with Gasteiger partial charge in [0.05, 0.1) is 0 Å². The maximum Gasteiger partial charge on any atom is 0.191 e. The third kappa shape index (κ3) is 5.99. The van der Waals surface area contributed by atoms with Crippen molar-refractivity contribution in [3.8, 4) is 0 Å². The summed E-state index contributed by atoms with van der Waals surface area (Å²) in [6.45, 7) is 5.37. The van der Waals surface area contributed by atoms with Crippen LogP contribution in [0.4, 0.5) is 8.78 Å². The fourth-order valence-electron chi connectivity index (χ4n) is 1.80. The summed E-state index contributed by atoms with van der Waals surface area (Å²) in [4.78, 5) is 4.05. The molecule has 112 valence electrons. The zero-order valence-electron chi connectivity index (χ0n) is 12.3. The van der Waals surface area contributed by atoms with E-state index in [1.54, 1.807) is 7.05 Å². The lowest BCUT2D eigenvalue weighted by Gasteiger charge is -2.13. The monoisotopic (exact) mass is 283 g/mol. The molecule has 3 nitrogen and oxygen atoms in total. The van der Waals surface area contributed by atoms with Gasteiger partial charge in [0.1, 0.15) is 11.6 Å². The van der Waals surface area contributed by atoms with Crippen LogP contribution in [0, 0.1) is 17.6 Å². The molecule has 0 fully saturated rings. The molecule has 0 amide bonds. The Kier molecular flexibility index (Phi) is 6.98.